The SMILES string of the molecule is CCCN1CC2(CCN(C(=O)CCS)C2)C1. The summed E-state index contributed by atoms with van der Waals surface area (Å²) in [5.41, 5.74) is 0.446. The quantitative estimate of drug-likeness (QED) is 0.750. The van der Waals surface area contributed by atoms with Crippen LogP contribution in [0.1, 0.15) is 26.2 Å². The summed E-state index contributed by atoms with van der Waals surface area (Å²) in [7, 11) is 0. The van der Waals surface area contributed by atoms with E-state index in [9.17, 15) is 4.79 Å². The first-order valence-corrected chi connectivity index (χ1v) is 6.93. The molecular formula is C12H22N2OS. The van der Waals surface area contributed by atoms with Gasteiger partial charge in [0.25, 0.3) is 0 Å². The summed E-state index contributed by atoms with van der Waals surface area (Å²) < 4.78 is 0. The number of amides is 1. The van der Waals surface area contributed by atoms with E-state index in [1.807, 2.05) is 4.90 Å². The number of carbonyl (C=O) groups is 1. The number of hydrogen-bond donors (Lipinski definition) is 1. The normalized spacial score (nSPS) is 23.8. The van der Waals surface area contributed by atoms with Crippen molar-refractivity contribution in [3.05, 3.63) is 0 Å². The van der Waals surface area contributed by atoms with E-state index in [-0.39, 0.29) is 0 Å². The molecular weight excluding hydrogens is 220 g/mol. The van der Waals surface area contributed by atoms with Crippen LogP contribution in [0.4, 0.5) is 0 Å². The third-order valence-electron chi connectivity index (χ3n) is 3.77. The second-order valence-corrected chi connectivity index (χ2v) is 5.70. The van der Waals surface area contributed by atoms with E-state index < -0.39 is 0 Å². The molecule has 0 aromatic carbocycles. The number of rotatable bonds is 4. The van der Waals surface area contributed by atoms with Crippen molar-refractivity contribution in [3.63, 3.8) is 0 Å². The number of hydrogen-bond acceptors (Lipinski definition) is 3. The molecule has 1 amide bonds. The van der Waals surface area contributed by atoms with Crippen molar-refractivity contribution in [3.8, 4) is 0 Å². The summed E-state index contributed by atoms with van der Waals surface area (Å²) in [6, 6.07) is 0. The Hall–Kier alpha value is -0.220. The Morgan fingerprint density at radius 1 is 1.38 bits per heavy atom. The Kier molecular flexibility index (Phi) is 3.80. The van der Waals surface area contributed by atoms with Crippen molar-refractivity contribution >= 4 is 18.5 Å². The minimum absolute atomic E-state index is 0.292. The lowest BCUT2D eigenvalue weighted by Crippen LogP contribution is -2.57. The van der Waals surface area contributed by atoms with Crippen LogP contribution in [-0.4, -0.2) is 54.2 Å². The van der Waals surface area contributed by atoms with Crippen LogP contribution >= 0.6 is 12.6 Å². The lowest BCUT2D eigenvalue weighted by molar-refractivity contribution is -0.130. The zero-order valence-electron chi connectivity index (χ0n) is 10.1. The Labute approximate surface area is 104 Å². The van der Waals surface area contributed by atoms with Gasteiger partial charge in [-0.05, 0) is 25.1 Å². The van der Waals surface area contributed by atoms with Crippen molar-refractivity contribution in [2.24, 2.45) is 5.41 Å². The predicted octanol–water partition coefficient (Wildman–Crippen LogP) is 1.25. The van der Waals surface area contributed by atoms with Crippen LogP contribution in [0.5, 0.6) is 0 Å². The maximum Gasteiger partial charge on any atom is 0.223 e. The lowest BCUT2D eigenvalue weighted by Gasteiger charge is -2.48. The topological polar surface area (TPSA) is 23.6 Å². The minimum Gasteiger partial charge on any atom is -0.342 e. The Balaban J connectivity index is 1.79. The molecule has 0 aliphatic carbocycles. The molecule has 4 heteroatoms. The van der Waals surface area contributed by atoms with Gasteiger partial charge in [0.2, 0.25) is 5.91 Å². The van der Waals surface area contributed by atoms with Crippen LogP contribution in [0.3, 0.4) is 0 Å². The van der Waals surface area contributed by atoms with Gasteiger partial charge in [-0.25, -0.2) is 0 Å². The van der Waals surface area contributed by atoms with Crippen molar-refractivity contribution < 1.29 is 4.79 Å². The van der Waals surface area contributed by atoms with Crippen molar-refractivity contribution in [2.75, 3.05) is 38.5 Å². The van der Waals surface area contributed by atoms with Gasteiger partial charge in [-0.1, -0.05) is 6.92 Å². The molecule has 0 saturated carbocycles. The van der Waals surface area contributed by atoms with E-state index in [2.05, 4.69) is 24.5 Å². The van der Waals surface area contributed by atoms with Crippen LogP contribution in [-0.2, 0) is 4.79 Å². The van der Waals surface area contributed by atoms with Gasteiger partial charge in [0.1, 0.15) is 0 Å². The average molecular weight is 242 g/mol. The van der Waals surface area contributed by atoms with E-state index in [0.29, 0.717) is 23.5 Å². The van der Waals surface area contributed by atoms with E-state index in [0.717, 1.165) is 13.1 Å². The molecule has 0 aromatic rings. The first kappa shape index (κ1) is 12.2. The molecule has 0 aromatic heterocycles. The summed E-state index contributed by atoms with van der Waals surface area (Å²) >= 11 is 4.12. The summed E-state index contributed by atoms with van der Waals surface area (Å²) in [4.78, 5) is 16.3. The van der Waals surface area contributed by atoms with Crippen LogP contribution in [0.15, 0.2) is 0 Å². The third kappa shape index (κ3) is 2.38. The van der Waals surface area contributed by atoms with Crippen LogP contribution in [0, 0.1) is 5.41 Å². The molecule has 92 valence electrons. The standard InChI is InChI=1S/C12H22N2OS/c1-2-5-13-8-12(9-13)4-6-14(10-12)11(15)3-7-16/h16H,2-10H2,1H3. The summed E-state index contributed by atoms with van der Waals surface area (Å²) in [6.45, 7) is 7.79. The second kappa shape index (κ2) is 4.96. The second-order valence-electron chi connectivity index (χ2n) is 5.25. The van der Waals surface area contributed by atoms with Gasteiger partial charge < -0.3 is 9.80 Å². The molecule has 0 atom stereocenters. The van der Waals surface area contributed by atoms with Gasteiger partial charge in [0, 0.05) is 38.0 Å². The van der Waals surface area contributed by atoms with Gasteiger partial charge >= 0.3 is 0 Å². The monoisotopic (exact) mass is 242 g/mol. The van der Waals surface area contributed by atoms with Gasteiger partial charge in [0.15, 0.2) is 0 Å². The molecule has 16 heavy (non-hydrogen) atoms. The molecule has 0 N–H and O–H groups in total. The molecule has 2 fully saturated rings. The Bertz CT molecular complexity index is 264. The molecule has 2 aliphatic heterocycles. The first-order chi connectivity index (χ1) is 7.69. The predicted molar refractivity (Wildman–Crippen MR) is 68.8 cm³/mol. The maximum absolute atomic E-state index is 11.7. The van der Waals surface area contributed by atoms with Crippen LogP contribution in [0.2, 0.25) is 0 Å². The van der Waals surface area contributed by atoms with E-state index in [1.165, 1.54) is 32.5 Å². The molecule has 0 bridgehead atoms. The van der Waals surface area contributed by atoms with Crippen LogP contribution < -0.4 is 0 Å². The summed E-state index contributed by atoms with van der Waals surface area (Å²) in [6.07, 6.45) is 3.03. The van der Waals surface area contributed by atoms with Crippen molar-refractivity contribution in [2.45, 2.75) is 26.2 Å². The van der Waals surface area contributed by atoms with Gasteiger partial charge in [-0.2, -0.15) is 12.6 Å². The molecule has 3 nitrogen and oxygen atoms in total. The average Bonchev–Trinajstić information content (AvgIpc) is 2.63. The highest BCUT2D eigenvalue weighted by Gasteiger charge is 2.47. The highest BCUT2D eigenvalue weighted by molar-refractivity contribution is 7.80. The Morgan fingerprint density at radius 3 is 2.75 bits per heavy atom. The summed E-state index contributed by atoms with van der Waals surface area (Å²) in [5, 5.41) is 0. The highest BCUT2D eigenvalue weighted by atomic mass is 32.1. The lowest BCUT2D eigenvalue weighted by atomic mass is 9.79. The fraction of sp³-hybridized carbons (Fsp3) is 0.917. The molecule has 2 aliphatic rings. The first-order valence-electron chi connectivity index (χ1n) is 6.30. The van der Waals surface area contributed by atoms with E-state index >= 15 is 0 Å². The third-order valence-corrected chi connectivity index (χ3v) is 4.00. The van der Waals surface area contributed by atoms with Crippen LogP contribution in [0.25, 0.3) is 0 Å². The highest BCUT2D eigenvalue weighted by Crippen LogP contribution is 2.39. The van der Waals surface area contributed by atoms with Gasteiger partial charge in [0.05, 0.1) is 0 Å². The van der Waals surface area contributed by atoms with E-state index in [4.69, 9.17) is 0 Å². The molecule has 0 unspecified atom stereocenters. The Morgan fingerprint density at radius 2 is 2.12 bits per heavy atom. The van der Waals surface area contributed by atoms with E-state index in [1.54, 1.807) is 0 Å². The van der Waals surface area contributed by atoms with Gasteiger partial charge in [-0.3, -0.25) is 4.79 Å². The fourth-order valence-electron chi connectivity index (χ4n) is 3.04. The fourth-order valence-corrected chi connectivity index (χ4v) is 3.23. The molecule has 2 heterocycles. The summed E-state index contributed by atoms with van der Waals surface area (Å²) in [5.74, 6) is 0.963. The van der Waals surface area contributed by atoms with Gasteiger partial charge in [-0.15, -0.1) is 0 Å². The zero-order valence-corrected chi connectivity index (χ0v) is 11.0. The number of thiol groups is 1. The molecule has 0 radical (unpaired) electrons. The van der Waals surface area contributed by atoms with Crippen molar-refractivity contribution in [1.82, 2.24) is 9.80 Å². The minimum atomic E-state index is 0.292. The number of likely N-dealkylation sites (tertiary alicyclic amines) is 2. The largest absolute Gasteiger partial charge is 0.342 e. The smallest absolute Gasteiger partial charge is 0.223 e. The molecule has 2 saturated heterocycles. The molecule has 2 rings (SSSR count). The maximum atomic E-state index is 11.7. The number of nitrogens with zero attached hydrogens (tertiary/aromatic N) is 2. The molecule has 1 spiro atoms. The van der Waals surface area contributed by atoms with Crippen molar-refractivity contribution in [1.29, 1.82) is 0 Å². The number of carbonyl (C=O) groups excluding carboxylic acids is 1. The zero-order chi connectivity index (χ0) is 11.6.